The van der Waals surface area contributed by atoms with Gasteiger partial charge in [0.15, 0.2) is 0 Å². The Labute approximate surface area is 125 Å². The van der Waals surface area contributed by atoms with E-state index in [4.69, 9.17) is 5.11 Å². The minimum absolute atomic E-state index is 0.150. The zero-order valence-corrected chi connectivity index (χ0v) is 12.5. The molecule has 0 aromatic rings. The highest BCUT2D eigenvalue weighted by Crippen LogP contribution is 2.39. The summed E-state index contributed by atoms with van der Waals surface area (Å²) in [5.74, 6) is -1.48. The van der Waals surface area contributed by atoms with Gasteiger partial charge >= 0.3 is 18.2 Å². The number of rotatable bonds is 6. The quantitative estimate of drug-likeness (QED) is 0.785. The van der Waals surface area contributed by atoms with E-state index in [0.29, 0.717) is 0 Å². The van der Waals surface area contributed by atoms with Gasteiger partial charge in [0.25, 0.3) is 0 Å². The summed E-state index contributed by atoms with van der Waals surface area (Å²) in [4.78, 5) is 22.7. The molecule has 0 heterocycles. The molecule has 1 rings (SSSR count). The fourth-order valence-corrected chi connectivity index (χ4v) is 3.31. The summed E-state index contributed by atoms with van der Waals surface area (Å²) < 4.78 is 37.0. The summed E-state index contributed by atoms with van der Waals surface area (Å²) in [7, 11) is 0. The third-order valence-corrected chi connectivity index (χ3v) is 4.91. The molecule has 0 atom stereocenters. The first kappa shape index (κ1) is 17.9. The van der Waals surface area contributed by atoms with Crippen molar-refractivity contribution in [1.29, 1.82) is 0 Å². The second kappa shape index (κ2) is 7.24. The molecule has 5 nitrogen and oxygen atoms in total. The largest absolute Gasteiger partial charge is 0.480 e. The highest BCUT2D eigenvalue weighted by molar-refractivity contribution is 8.00. The SMILES string of the molecule is CSC1(CNC(=O)N(CC(=O)O)CC(F)(F)F)CCCC1. The normalized spacial score (nSPS) is 17.5. The van der Waals surface area contributed by atoms with Crippen molar-refractivity contribution >= 4 is 23.8 Å². The molecule has 1 aliphatic carbocycles. The Morgan fingerprint density at radius 1 is 1.33 bits per heavy atom. The molecule has 1 fully saturated rings. The van der Waals surface area contributed by atoms with Crippen molar-refractivity contribution in [3.63, 3.8) is 0 Å². The van der Waals surface area contributed by atoms with Gasteiger partial charge in [0, 0.05) is 11.3 Å². The van der Waals surface area contributed by atoms with Gasteiger partial charge in [-0.05, 0) is 19.1 Å². The number of carboxylic acid groups (broad SMARTS) is 1. The van der Waals surface area contributed by atoms with E-state index in [9.17, 15) is 22.8 Å². The van der Waals surface area contributed by atoms with E-state index in [1.807, 2.05) is 6.26 Å². The number of hydrogen-bond acceptors (Lipinski definition) is 3. The number of carbonyl (C=O) groups is 2. The number of amides is 2. The van der Waals surface area contributed by atoms with Crippen LogP contribution >= 0.6 is 11.8 Å². The molecule has 1 saturated carbocycles. The monoisotopic (exact) mass is 328 g/mol. The van der Waals surface area contributed by atoms with Crippen LogP contribution in [0.25, 0.3) is 0 Å². The highest BCUT2D eigenvalue weighted by atomic mass is 32.2. The second-order valence-electron chi connectivity index (χ2n) is 5.12. The van der Waals surface area contributed by atoms with Crippen molar-refractivity contribution in [2.45, 2.75) is 36.6 Å². The Hall–Kier alpha value is -1.12. The van der Waals surface area contributed by atoms with E-state index in [1.165, 1.54) is 0 Å². The molecule has 0 bridgehead atoms. The van der Waals surface area contributed by atoms with Gasteiger partial charge in [-0.2, -0.15) is 24.9 Å². The third kappa shape index (κ3) is 6.03. The molecule has 0 unspecified atom stereocenters. The van der Waals surface area contributed by atoms with Gasteiger partial charge in [-0.3, -0.25) is 4.79 Å². The molecule has 0 aromatic heterocycles. The highest BCUT2D eigenvalue weighted by Gasteiger charge is 2.36. The molecular formula is C12H19F3N2O3S. The van der Waals surface area contributed by atoms with Crippen LogP contribution in [-0.4, -0.2) is 58.8 Å². The molecule has 21 heavy (non-hydrogen) atoms. The smallest absolute Gasteiger partial charge is 0.406 e. The van der Waals surface area contributed by atoms with Gasteiger partial charge in [-0.25, -0.2) is 4.79 Å². The lowest BCUT2D eigenvalue weighted by molar-refractivity contribution is -0.148. The Kier molecular flexibility index (Phi) is 6.18. The minimum Gasteiger partial charge on any atom is -0.480 e. The predicted molar refractivity (Wildman–Crippen MR) is 73.4 cm³/mol. The number of alkyl halides is 3. The van der Waals surface area contributed by atoms with E-state index in [2.05, 4.69) is 5.32 Å². The third-order valence-electron chi connectivity index (χ3n) is 3.49. The molecule has 2 amide bonds. The van der Waals surface area contributed by atoms with Crippen molar-refractivity contribution in [3.05, 3.63) is 0 Å². The van der Waals surface area contributed by atoms with Crippen molar-refractivity contribution in [2.75, 3.05) is 25.9 Å². The Morgan fingerprint density at radius 2 is 1.90 bits per heavy atom. The standard InChI is InChI=1S/C12H19F3N2O3S/c1-21-11(4-2-3-5-11)7-16-10(20)17(6-9(18)19)8-12(13,14)15/h2-8H2,1H3,(H,16,20)(H,18,19). The Bertz CT molecular complexity index is 384. The van der Waals surface area contributed by atoms with Crippen LogP contribution in [0.2, 0.25) is 0 Å². The second-order valence-corrected chi connectivity index (χ2v) is 6.39. The predicted octanol–water partition coefficient (Wildman–Crippen LogP) is 2.32. The molecule has 1 aliphatic rings. The van der Waals surface area contributed by atoms with E-state index < -0.39 is 31.3 Å². The van der Waals surface area contributed by atoms with Crippen LogP contribution < -0.4 is 5.32 Å². The molecule has 2 N–H and O–H groups in total. The van der Waals surface area contributed by atoms with Crippen molar-refractivity contribution in [2.24, 2.45) is 0 Å². The fraction of sp³-hybridized carbons (Fsp3) is 0.833. The summed E-state index contributed by atoms with van der Waals surface area (Å²) in [6.45, 7) is -2.30. The zero-order chi connectivity index (χ0) is 16.1. The van der Waals surface area contributed by atoms with Crippen molar-refractivity contribution in [3.8, 4) is 0 Å². The van der Waals surface area contributed by atoms with E-state index in [-0.39, 0.29) is 16.2 Å². The number of halogens is 3. The summed E-state index contributed by atoms with van der Waals surface area (Å²) in [5.41, 5.74) is 0. The Balaban J connectivity index is 2.61. The number of thioether (sulfide) groups is 1. The molecule has 0 aromatic carbocycles. The number of hydrogen-bond donors (Lipinski definition) is 2. The number of nitrogens with zero attached hydrogens (tertiary/aromatic N) is 1. The van der Waals surface area contributed by atoms with E-state index in [1.54, 1.807) is 11.8 Å². The first-order chi connectivity index (χ1) is 9.67. The van der Waals surface area contributed by atoms with Crippen LogP contribution in [0.3, 0.4) is 0 Å². The average Bonchev–Trinajstić information content (AvgIpc) is 2.82. The average molecular weight is 328 g/mol. The lowest BCUT2D eigenvalue weighted by Gasteiger charge is -2.29. The molecule has 122 valence electrons. The number of urea groups is 1. The molecular weight excluding hydrogens is 309 g/mol. The van der Waals surface area contributed by atoms with E-state index >= 15 is 0 Å². The summed E-state index contributed by atoms with van der Waals surface area (Å²) in [6, 6.07) is -0.991. The van der Waals surface area contributed by atoms with Crippen LogP contribution in [0, 0.1) is 0 Å². The minimum atomic E-state index is -4.63. The number of aliphatic carboxylic acids is 1. The van der Waals surface area contributed by atoms with Gasteiger partial charge in [-0.15, -0.1) is 0 Å². The maximum absolute atomic E-state index is 12.4. The van der Waals surface area contributed by atoms with Gasteiger partial charge in [0.05, 0.1) is 0 Å². The van der Waals surface area contributed by atoms with Crippen molar-refractivity contribution in [1.82, 2.24) is 10.2 Å². The molecule has 0 aliphatic heterocycles. The first-order valence-electron chi connectivity index (χ1n) is 6.54. The molecule has 0 radical (unpaired) electrons. The van der Waals surface area contributed by atoms with Crippen LogP contribution in [0.5, 0.6) is 0 Å². The summed E-state index contributed by atoms with van der Waals surface area (Å²) in [6.07, 6.45) is 1.12. The topological polar surface area (TPSA) is 69.6 Å². The summed E-state index contributed by atoms with van der Waals surface area (Å²) >= 11 is 1.59. The van der Waals surface area contributed by atoms with Gasteiger partial charge in [0.2, 0.25) is 0 Å². The van der Waals surface area contributed by atoms with E-state index in [0.717, 1.165) is 25.7 Å². The van der Waals surface area contributed by atoms with Gasteiger partial charge in [0.1, 0.15) is 13.1 Å². The fourth-order valence-electron chi connectivity index (χ4n) is 2.40. The zero-order valence-electron chi connectivity index (χ0n) is 11.7. The lowest BCUT2D eigenvalue weighted by Crippen LogP contribution is -2.50. The maximum atomic E-state index is 12.4. The van der Waals surface area contributed by atoms with Crippen LogP contribution in [0.4, 0.5) is 18.0 Å². The molecule has 9 heteroatoms. The van der Waals surface area contributed by atoms with Gasteiger partial charge < -0.3 is 15.3 Å². The van der Waals surface area contributed by atoms with Gasteiger partial charge in [-0.1, -0.05) is 12.8 Å². The Morgan fingerprint density at radius 3 is 2.33 bits per heavy atom. The number of carboxylic acids is 1. The van der Waals surface area contributed by atoms with Crippen LogP contribution in [-0.2, 0) is 4.79 Å². The first-order valence-corrected chi connectivity index (χ1v) is 7.76. The molecule has 0 spiro atoms. The number of nitrogens with one attached hydrogen (secondary N) is 1. The van der Waals surface area contributed by atoms with Crippen molar-refractivity contribution < 1.29 is 27.9 Å². The summed E-state index contributed by atoms with van der Waals surface area (Å²) in [5, 5.41) is 11.1. The molecule has 0 saturated heterocycles. The maximum Gasteiger partial charge on any atom is 0.406 e. The van der Waals surface area contributed by atoms with Crippen LogP contribution in [0.1, 0.15) is 25.7 Å². The lowest BCUT2D eigenvalue weighted by atomic mass is 10.1. The number of carbonyl (C=O) groups excluding carboxylic acids is 1. The van der Waals surface area contributed by atoms with Crippen LogP contribution in [0.15, 0.2) is 0 Å².